The Morgan fingerprint density at radius 1 is 1.35 bits per heavy atom. The Morgan fingerprint density at radius 2 is 1.88 bits per heavy atom. The van der Waals surface area contributed by atoms with Crippen molar-refractivity contribution in [3.05, 3.63) is 43.5 Å². The van der Waals surface area contributed by atoms with Crippen molar-refractivity contribution in [3.8, 4) is 0 Å². The van der Waals surface area contributed by atoms with E-state index in [4.69, 9.17) is 9.47 Å². The number of hydrogen-bond acceptors (Lipinski definition) is 4. The number of halogens is 2. The molecular weight excluding hydrogens is 405 g/mol. The van der Waals surface area contributed by atoms with Gasteiger partial charge in [0.05, 0.1) is 0 Å². The van der Waals surface area contributed by atoms with Gasteiger partial charge in [0.15, 0.2) is 6.29 Å². The number of rotatable bonds is 2. The summed E-state index contributed by atoms with van der Waals surface area (Å²) in [6.45, 7) is -0.0344. The van der Waals surface area contributed by atoms with Crippen LogP contribution in [-0.2, 0) is 9.47 Å². The highest BCUT2D eigenvalue weighted by Crippen LogP contribution is 2.32. The van der Waals surface area contributed by atoms with E-state index >= 15 is 0 Å². The van der Waals surface area contributed by atoms with Crippen molar-refractivity contribution >= 4 is 38.5 Å². The van der Waals surface area contributed by atoms with Crippen molar-refractivity contribution in [2.75, 3.05) is 13.2 Å². The van der Waals surface area contributed by atoms with Crippen LogP contribution in [0.2, 0.25) is 0 Å². The van der Waals surface area contributed by atoms with Gasteiger partial charge in [0, 0.05) is 30.0 Å². The summed E-state index contributed by atoms with van der Waals surface area (Å²) in [5.41, 5.74) is 0.864. The topological polar surface area (TPSA) is 61.6 Å². The van der Waals surface area contributed by atoms with Crippen LogP contribution in [0.15, 0.2) is 24.3 Å². The molecule has 0 saturated carbocycles. The summed E-state index contributed by atoms with van der Waals surface area (Å²) in [6.07, 6.45) is -0.530. The van der Waals surface area contributed by atoms with Crippen LogP contribution >= 0.6 is 38.5 Å². The van der Waals surface area contributed by atoms with Crippen LogP contribution in [0, 0.1) is 13.7 Å². The second kappa shape index (κ2) is 5.17. The summed E-state index contributed by atoms with van der Waals surface area (Å²) >= 11 is 5.22. The molecule has 1 heterocycles. The second-order valence-electron chi connectivity index (χ2n) is 3.68. The van der Waals surface area contributed by atoms with Gasteiger partial charge in [0.1, 0.15) is 13.2 Å². The Hall–Kier alpha value is -0.250. The molecule has 1 aliphatic rings. The molecule has 1 aromatic carbocycles. The molecule has 2 rings (SSSR count). The molecule has 0 amide bonds. The van der Waals surface area contributed by atoms with Crippen LogP contribution in [0.5, 0.6) is 0 Å². The van der Waals surface area contributed by atoms with Gasteiger partial charge >= 0.3 is 4.45 Å². The first-order chi connectivity index (χ1) is 8.01. The van der Waals surface area contributed by atoms with E-state index in [1.807, 2.05) is 24.3 Å². The Labute approximate surface area is 120 Å². The summed E-state index contributed by atoms with van der Waals surface area (Å²) in [5.74, 6) is 0. The van der Waals surface area contributed by atoms with Gasteiger partial charge in [-0.3, -0.25) is 10.1 Å². The maximum Gasteiger partial charge on any atom is 0.320 e. The highest BCUT2D eigenvalue weighted by atomic mass is 127. The van der Waals surface area contributed by atoms with E-state index in [1.165, 1.54) is 0 Å². The molecule has 92 valence electrons. The Kier molecular flexibility index (Phi) is 4.01. The van der Waals surface area contributed by atoms with Crippen molar-refractivity contribution in [2.45, 2.75) is 10.7 Å². The van der Waals surface area contributed by atoms with Gasteiger partial charge in [-0.25, -0.2) is 0 Å². The van der Waals surface area contributed by atoms with E-state index in [1.54, 1.807) is 0 Å². The lowest BCUT2D eigenvalue weighted by Crippen LogP contribution is -2.46. The Bertz CT molecular complexity index is 417. The second-order valence-corrected chi connectivity index (χ2v) is 6.40. The molecule has 0 atom stereocenters. The first-order valence-electron chi connectivity index (χ1n) is 4.83. The zero-order valence-electron chi connectivity index (χ0n) is 8.64. The van der Waals surface area contributed by atoms with Crippen LogP contribution in [0.1, 0.15) is 11.9 Å². The third kappa shape index (κ3) is 2.95. The van der Waals surface area contributed by atoms with E-state index in [-0.39, 0.29) is 13.2 Å². The zero-order chi connectivity index (χ0) is 12.5. The highest BCUT2D eigenvalue weighted by Gasteiger charge is 2.45. The lowest BCUT2D eigenvalue weighted by molar-refractivity contribution is -0.557. The predicted octanol–water partition coefficient (Wildman–Crippen LogP) is 2.70. The number of hydrogen-bond donors (Lipinski definition) is 0. The molecule has 1 fully saturated rings. The monoisotopic (exact) mass is 413 g/mol. The lowest BCUT2D eigenvalue weighted by Gasteiger charge is -2.30. The smallest absolute Gasteiger partial charge is 0.320 e. The number of ether oxygens (including phenoxy) is 2. The summed E-state index contributed by atoms with van der Waals surface area (Å²) < 4.78 is 10.5. The number of nitrogens with zero attached hydrogens (tertiary/aromatic N) is 1. The van der Waals surface area contributed by atoms with Gasteiger partial charge in [0.25, 0.3) is 0 Å². The standard InChI is InChI=1S/C10H9BrINO4/c11-10(13(14)15)5-16-9(17-6-10)7-1-3-8(12)4-2-7/h1-4,9H,5-6H2. The summed E-state index contributed by atoms with van der Waals surface area (Å²) in [6, 6.07) is 7.65. The highest BCUT2D eigenvalue weighted by molar-refractivity contribution is 14.1. The van der Waals surface area contributed by atoms with Crippen LogP contribution in [0.25, 0.3) is 0 Å². The van der Waals surface area contributed by atoms with E-state index in [9.17, 15) is 10.1 Å². The third-order valence-electron chi connectivity index (χ3n) is 2.38. The average Bonchev–Trinajstić information content (AvgIpc) is 2.31. The largest absolute Gasteiger partial charge is 0.340 e. The van der Waals surface area contributed by atoms with Crippen molar-refractivity contribution in [1.82, 2.24) is 0 Å². The number of benzene rings is 1. The van der Waals surface area contributed by atoms with Gasteiger partial charge < -0.3 is 9.47 Å². The van der Waals surface area contributed by atoms with Crippen molar-refractivity contribution in [1.29, 1.82) is 0 Å². The average molecular weight is 414 g/mol. The quantitative estimate of drug-likeness (QED) is 0.246. The van der Waals surface area contributed by atoms with Gasteiger partial charge in [0.2, 0.25) is 0 Å². The van der Waals surface area contributed by atoms with E-state index < -0.39 is 15.7 Å². The third-order valence-corrected chi connectivity index (χ3v) is 3.85. The maximum atomic E-state index is 10.8. The fourth-order valence-corrected chi connectivity index (χ4v) is 2.04. The minimum absolute atomic E-state index is 0.0172. The maximum absolute atomic E-state index is 10.8. The van der Waals surface area contributed by atoms with Crippen LogP contribution in [0.3, 0.4) is 0 Å². The van der Waals surface area contributed by atoms with E-state index in [0.717, 1.165) is 9.13 Å². The molecule has 5 nitrogen and oxygen atoms in total. The van der Waals surface area contributed by atoms with Crippen molar-refractivity contribution < 1.29 is 14.4 Å². The zero-order valence-corrected chi connectivity index (χ0v) is 12.4. The molecule has 1 aliphatic heterocycles. The van der Waals surface area contributed by atoms with Crippen molar-refractivity contribution in [3.63, 3.8) is 0 Å². The molecule has 17 heavy (non-hydrogen) atoms. The molecular formula is C10H9BrINO4. The minimum atomic E-state index is -1.33. The SMILES string of the molecule is O=[N+]([O-])C1(Br)COC(c2ccc(I)cc2)OC1. The van der Waals surface area contributed by atoms with Crippen LogP contribution in [0.4, 0.5) is 0 Å². The number of alkyl halides is 1. The van der Waals surface area contributed by atoms with Crippen molar-refractivity contribution in [2.24, 2.45) is 0 Å². The van der Waals surface area contributed by atoms with Crippen LogP contribution < -0.4 is 0 Å². The predicted molar refractivity (Wildman–Crippen MR) is 72.5 cm³/mol. The fraction of sp³-hybridized carbons (Fsp3) is 0.400. The van der Waals surface area contributed by atoms with Crippen LogP contribution in [-0.4, -0.2) is 22.6 Å². The van der Waals surface area contributed by atoms with Gasteiger partial charge in [-0.1, -0.05) is 12.1 Å². The molecule has 0 N–H and O–H groups in total. The first kappa shape index (κ1) is 13.2. The molecule has 0 aromatic heterocycles. The number of nitro groups is 1. The molecule has 0 bridgehead atoms. The van der Waals surface area contributed by atoms with Gasteiger partial charge in [-0.05, 0) is 34.7 Å². The molecule has 1 aromatic rings. The lowest BCUT2D eigenvalue weighted by atomic mass is 10.2. The minimum Gasteiger partial charge on any atom is -0.340 e. The molecule has 0 aliphatic carbocycles. The fourth-order valence-electron chi connectivity index (χ4n) is 1.41. The van der Waals surface area contributed by atoms with Gasteiger partial charge in [-0.2, -0.15) is 0 Å². The van der Waals surface area contributed by atoms with E-state index in [0.29, 0.717) is 0 Å². The molecule has 0 radical (unpaired) electrons. The first-order valence-corrected chi connectivity index (χ1v) is 6.70. The Morgan fingerprint density at radius 3 is 2.35 bits per heavy atom. The van der Waals surface area contributed by atoms with Gasteiger partial charge in [-0.15, -0.1) is 0 Å². The summed E-state index contributed by atoms with van der Waals surface area (Å²) in [4.78, 5) is 10.3. The normalized spacial score (nSPS) is 28.9. The molecule has 1 saturated heterocycles. The summed E-state index contributed by atoms with van der Waals surface area (Å²) in [7, 11) is 0. The molecule has 7 heteroatoms. The van der Waals surface area contributed by atoms with E-state index in [2.05, 4.69) is 38.5 Å². The Balaban J connectivity index is 2.04. The molecule has 0 spiro atoms. The summed E-state index contributed by atoms with van der Waals surface area (Å²) in [5, 5.41) is 10.8. The molecule has 0 unspecified atom stereocenters.